The topological polar surface area (TPSA) is 65.3 Å². The largest absolute Gasteiger partial charge is 0.489 e. The van der Waals surface area contributed by atoms with Crippen LogP contribution in [-0.2, 0) is 0 Å². The van der Waals surface area contributed by atoms with E-state index in [1.54, 1.807) is 13.1 Å². The average Bonchev–Trinajstić information content (AvgIpc) is 2.27. The number of halogens is 1. The van der Waals surface area contributed by atoms with Gasteiger partial charge in [-0.25, -0.2) is 4.39 Å². The van der Waals surface area contributed by atoms with Gasteiger partial charge in [-0.2, -0.15) is 5.26 Å². The molecule has 0 amide bonds. The molecule has 1 unspecified atom stereocenters. The second-order valence-electron chi connectivity index (χ2n) is 3.25. The maximum Gasteiger partial charge on any atom is 0.144 e. The maximum absolute atomic E-state index is 13.1. The summed E-state index contributed by atoms with van der Waals surface area (Å²) in [5.74, 6) is -0.472. The van der Waals surface area contributed by atoms with E-state index >= 15 is 0 Å². The Morgan fingerprint density at radius 3 is 3.00 bits per heavy atom. The van der Waals surface area contributed by atoms with Gasteiger partial charge in [-0.3, -0.25) is 0 Å². The molecule has 0 aliphatic carbocycles. The molecule has 0 saturated carbocycles. The van der Waals surface area contributed by atoms with Crippen LogP contribution in [-0.4, -0.2) is 31.4 Å². The minimum absolute atomic E-state index is 0.0129. The molecular formula is C11H13FN2O2. The Kier molecular flexibility index (Phi) is 4.70. The molecule has 2 N–H and O–H groups in total. The molecule has 86 valence electrons. The van der Waals surface area contributed by atoms with Crippen molar-refractivity contribution in [1.29, 1.82) is 5.26 Å². The summed E-state index contributed by atoms with van der Waals surface area (Å²) >= 11 is 0. The van der Waals surface area contributed by atoms with Crippen LogP contribution >= 0.6 is 0 Å². The van der Waals surface area contributed by atoms with Gasteiger partial charge in [-0.1, -0.05) is 6.07 Å². The lowest BCUT2D eigenvalue weighted by Crippen LogP contribution is -2.29. The van der Waals surface area contributed by atoms with Crippen molar-refractivity contribution in [3.05, 3.63) is 29.6 Å². The summed E-state index contributed by atoms with van der Waals surface area (Å²) in [5.41, 5.74) is -0.140. The fourth-order valence-electron chi connectivity index (χ4n) is 1.21. The van der Waals surface area contributed by atoms with Crippen LogP contribution in [0.5, 0.6) is 5.75 Å². The molecule has 0 fully saturated rings. The molecule has 5 heteroatoms. The Labute approximate surface area is 93.3 Å². The number of nitrogens with one attached hydrogen (secondary N) is 1. The van der Waals surface area contributed by atoms with Crippen molar-refractivity contribution in [2.45, 2.75) is 6.10 Å². The van der Waals surface area contributed by atoms with Gasteiger partial charge < -0.3 is 15.2 Å². The lowest BCUT2D eigenvalue weighted by atomic mass is 10.2. The lowest BCUT2D eigenvalue weighted by molar-refractivity contribution is 0.108. The van der Waals surface area contributed by atoms with E-state index in [4.69, 9.17) is 10.00 Å². The van der Waals surface area contributed by atoms with Gasteiger partial charge in [0.25, 0.3) is 0 Å². The molecule has 1 rings (SSSR count). The standard InChI is InChI=1S/C11H13FN2O2/c1-14-6-8(15)7-16-11-4-2-3-10(12)9(11)5-13/h2-4,8,14-15H,6-7H2,1H3. The lowest BCUT2D eigenvalue weighted by Gasteiger charge is -2.12. The first-order valence-corrected chi connectivity index (χ1v) is 4.83. The summed E-state index contributed by atoms with van der Waals surface area (Å²) < 4.78 is 18.3. The van der Waals surface area contributed by atoms with Gasteiger partial charge in [0, 0.05) is 6.54 Å². The number of hydrogen-bond acceptors (Lipinski definition) is 4. The Hall–Kier alpha value is -1.64. The van der Waals surface area contributed by atoms with E-state index in [2.05, 4.69) is 5.32 Å². The van der Waals surface area contributed by atoms with Crippen molar-refractivity contribution in [2.75, 3.05) is 20.2 Å². The molecule has 0 aliphatic rings. The second-order valence-corrected chi connectivity index (χ2v) is 3.25. The van der Waals surface area contributed by atoms with Crippen LogP contribution in [0.4, 0.5) is 4.39 Å². The molecule has 4 nitrogen and oxygen atoms in total. The summed E-state index contributed by atoms with van der Waals surface area (Å²) in [6.07, 6.45) is -0.695. The van der Waals surface area contributed by atoms with Crippen molar-refractivity contribution in [1.82, 2.24) is 5.32 Å². The SMILES string of the molecule is CNCC(O)COc1cccc(F)c1C#N. The van der Waals surface area contributed by atoms with E-state index in [1.807, 2.05) is 0 Å². The molecule has 0 radical (unpaired) electrons. The highest BCUT2D eigenvalue weighted by molar-refractivity contribution is 5.43. The minimum Gasteiger partial charge on any atom is -0.489 e. The van der Waals surface area contributed by atoms with Crippen molar-refractivity contribution in [3.8, 4) is 11.8 Å². The molecule has 0 aliphatic heterocycles. The number of likely N-dealkylation sites (N-methyl/N-ethyl adjacent to an activating group) is 1. The van der Waals surface area contributed by atoms with Crippen LogP contribution in [0.3, 0.4) is 0 Å². The van der Waals surface area contributed by atoms with Gasteiger partial charge in [0.2, 0.25) is 0 Å². The summed E-state index contributed by atoms with van der Waals surface area (Å²) in [7, 11) is 1.70. The van der Waals surface area contributed by atoms with E-state index < -0.39 is 11.9 Å². The molecule has 0 saturated heterocycles. The molecule has 0 heterocycles. The number of rotatable bonds is 5. The highest BCUT2D eigenvalue weighted by Gasteiger charge is 2.10. The maximum atomic E-state index is 13.1. The minimum atomic E-state index is -0.695. The van der Waals surface area contributed by atoms with Crippen molar-refractivity contribution in [2.24, 2.45) is 0 Å². The Morgan fingerprint density at radius 1 is 1.62 bits per heavy atom. The third kappa shape index (κ3) is 3.19. The third-order valence-corrected chi connectivity index (χ3v) is 1.96. The Morgan fingerprint density at radius 2 is 2.38 bits per heavy atom. The van der Waals surface area contributed by atoms with Crippen molar-refractivity contribution >= 4 is 0 Å². The summed E-state index contributed by atoms with van der Waals surface area (Å²) in [5, 5.41) is 20.9. The number of ether oxygens (including phenoxy) is 1. The normalized spacial score (nSPS) is 11.9. The van der Waals surface area contributed by atoms with Crippen LogP contribution in [0.15, 0.2) is 18.2 Å². The number of nitriles is 1. The molecule has 1 aromatic rings. The third-order valence-electron chi connectivity index (χ3n) is 1.96. The van der Waals surface area contributed by atoms with Crippen LogP contribution in [0.2, 0.25) is 0 Å². The van der Waals surface area contributed by atoms with Gasteiger partial charge in [0.15, 0.2) is 0 Å². The predicted octanol–water partition coefficient (Wildman–Crippen LogP) is 0.656. The monoisotopic (exact) mass is 224 g/mol. The molecular weight excluding hydrogens is 211 g/mol. The van der Waals surface area contributed by atoms with E-state index in [9.17, 15) is 9.50 Å². The van der Waals surface area contributed by atoms with E-state index in [0.717, 1.165) is 0 Å². The van der Waals surface area contributed by atoms with Crippen molar-refractivity contribution < 1.29 is 14.2 Å². The van der Waals surface area contributed by atoms with Crippen molar-refractivity contribution in [3.63, 3.8) is 0 Å². The fraction of sp³-hybridized carbons (Fsp3) is 0.364. The molecule has 1 aromatic carbocycles. The van der Waals surface area contributed by atoms with Crippen LogP contribution in [0.25, 0.3) is 0 Å². The Balaban J connectivity index is 2.67. The zero-order valence-electron chi connectivity index (χ0n) is 8.90. The van der Waals surface area contributed by atoms with Crippen LogP contribution in [0, 0.1) is 17.1 Å². The highest BCUT2D eigenvalue weighted by atomic mass is 19.1. The van der Waals surface area contributed by atoms with E-state index in [0.29, 0.717) is 6.54 Å². The zero-order valence-corrected chi connectivity index (χ0v) is 8.90. The molecule has 1 atom stereocenters. The summed E-state index contributed by atoms with van der Waals surface area (Å²) in [6.45, 7) is 0.385. The highest BCUT2D eigenvalue weighted by Crippen LogP contribution is 2.20. The number of nitrogens with zero attached hydrogens (tertiary/aromatic N) is 1. The van der Waals surface area contributed by atoms with E-state index in [1.165, 1.54) is 18.2 Å². The number of hydrogen-bond donors (Lipinski definition) is 2. The number of aliphatic hydroxyl groups is 1. The van der Waals surface area contributed by atoms with E-state index in [-0.39, 0.29) is 17.9 Å². The zero-order chi connectivity index (χ0) is 12.0. The molecule has 0 bridgehead atoms. The Bertz CT molecular complexity index is 390. The summed E-state index contributed by atoms with van der Waals surface area (Å²) in [6, 6.07) is 5.86. The molecule has 16 heavy (non-hydrogen) atoms. The fourth-order valence-corrected chi connectivity index (χ4v) is 1.21. The van der Waals surface area contributed by atoms with Gasteiger partial charge in [0.1, 0.15) is 35.9 Å². The van der Waals surface area contributed by atoms with Gasteiger partial charge in [-0.05, 0) is 19.2 Å². The first-order valence-electron chi connectivity index (χ1n) is 4.83. The summed E-state index contributed by atoms with van der Waals surface area (Å²) in [4.78, 5) is 0. The second kappa shape index (κ2) is 6.05. The quantitative estimate of drug-likeness (QED) is 0.771. The number of aliphatic hydroxyl groups excluding tert-OH is 1. The average molecular weight is 224 g/mol. The smallest absolute Gasteiger partial charge is 0.144 e. The van der Waals surface area contributed by atoms with Gasteiger partial charge >= 0.3 is 0 Å². The number of benzene rings is 1. The van der Waals surface area contributed by atoms with Crippen LogP contribution < -0.4 is 10.1 Å². The predicted molar refractivity (Wildman–Crippen MR) is 56.5 cm³/mol. The molecule has 0 spiro atoms. The van der Waals surface area contributed by atoms with Gasteiger partial charge in [-0.15, -0.1) is 0 Å². The van der Waals surface area contributed by atoms with Gasteiger partial charge in [0.05, 0.1) is 0 Å². The first kappa shape index (κ1) is 12.4. The van der Waals surface area contributed by atoms with Crippen LogP contribution in [0.1, 0.15) is 5.56 Å². The first-order chi connectivity index (χ1) is 7.69. The molecule has 0 aromatic heterocycles.